The van der Waals surface area contributed by atoms with Crippen molar-refractivity contribution in [1.29, 1.82) is 0 Å². The lowest BCUT2D eigenvalue weighted by atomic mass is 9.85. The van der Waals surface area contributed by atoms with Gasteiger partial charge < -0.3 is 10.6 Å². The van der Waals surface area contributed by atoms with Crippen molar-refractivity contribution in [1.82, 2.24) is 26.6 Å². The van der Waals surface area contributed by atoms with Crippen molar-refractivity contribution in [3.05, 3.63) is 0 Å². The third kappa shape index (κ3) is 6.88. The highest BCUT2D eigenvalue weighted by Gasteiger charge is 2.35. The van der Waals surface area contributed by atoms with E-state index in [1.165, 1.54) is 19.3 Å². The van der Waals surface area contributed by atoms with Crippen LogP contribution in [0.15, 0.2) is 4.99 Å². The van der Waals surface area contributed by atoms with Gasteiger partial charge in [0.1, 0.15) is 6.29 Å². The van der Waals surface area contributed by atoms with Gasteiger partial charge in [-0.1, -0.05) is 6.42 Å². The molecule has 1 amide bonds. The molecule has 0 spiro atoms. The van der Waals surface area contributed by atoms with Crippen LogP contribution in [0.3, 0.4) is 0 Å². The Kier molecular flexibility index (Phi) is 9.04. The molecule has 0 aromatic rings. The first-order valence-corrected chi connectivity index (χ1v) is 13.4. The van der Waals surface area contributed by atoms with E-state index in [0.717, 1.165) is 58.3 Å². The monoisotopic (exact) mass is 452 g/mol. The summed E-state index contributed by atoms with van der Waals surface area (Å²) >= 11 is 1.91. The standard InChI is InChI=1S/C22H41N7OS/c1-2-23-10-11-24-21(30)15-4-3-5-16(12-15)28-22-25-9-8-20(29-22)27-17-6-7-18-19(13-17)31-14-26-18/h14-20,22-23,25,27-29H,2-13H2,1H3,(H,24,30)/p+1. The van der Waals surface area contributed by atoms with Gasteiger partial charge in [-0.25, -0.2) is 0 Å². The normalized spacial score (nSPS) is 38.0. The highest BCUT2D eigenvalue weighted by Crippen LogP contribution is 2.34. The van der Waals surface area contributed by atoms with E-state index in [2.05, 4.69) is 49.4 Å². The van der Waals surface area contributed by atoms with Gasteiger partial charge in [0, 0.05) is 29.8 Å². The smallest absolute Gasteiger partial charge is 0.223 e. The van der Waals surface area contributed by atoms with Crippen LogP contribution in [-0.2, 0) is 4.79 Å². The number of thioether (sulfide) groups is 1. The van der Waals surface area contributed by atoms with E-state index in [1.807, 2.05) is 11.8 Å². The molecule has 0 radical (unpaired) electrons. The molecule has 0 bridgehead atoms. The van der Waals surface area contributed by atoms with Gasteiger partial charge in [-0.3, -0.25) is 31.1 Å². The molecule has 0 aromatic carbocycles. The van der Waals surface area contributed by atoms with E-state index in [-0.39, 0.29) is 18.1 Å². The second-order valence-corrected chi connectivity index (χ2v) is 10.7. The second-order valence-electron chi connectivity index (χ2n) is 9.57. The molecule has 8 nitrogen and oxygen atoms in total. The number of amides is 1. The third-order valence-corrected chi connectivity index (χ3v) is 8.31. The van der Waals surface area contributed by atoms with Crippen molar-refractivity contribution in [2.75, 3.05) is 26.2 Å². The van der Waals surface area contributed by atoms with E-state index in [4.69, 9.17) is 0 Å². The van der Waals surface area contributed by atoms with Crippen molar-refractivity contribution >= 4 is 23.2 Å². The van der Waals surface area contributed by atoms with Crippen LogP contribution >= 0.6 is 11.8 Å². The number of rotatable bonds is 9. The minimum absolute atomic E-state index is 0.109. The first kappa shape index (κ1) is 23.4. The summed E-state index contributed by atoms with van der Waals surface area (Å²) in [5.41, 5.74) is 2.06. The number of nitrogens with zero attached hydrogens (tertiary/aromatic N) is 1. The molecule has 7 atom stereocenters. The minimum atomic E-state index is 0.109. The van der Waals surface area contributed by atoms with Crippen molar-refractivity contribution in [3.63, 3.8) is 0 Å². The average Bonchev–Trinajstić information content (AvgIpc) is 3.25. The fourth-order valence-corrected chi connectivity index (χ4v) is 6.59. The van der Waals surface area contributed by atoms with Crippen molar-refractivity contribution in [3.8, 4) is 0 Å². The molecule has 3 fully saturated rings. The van der Waals surface area contributed by atoms with Gasteiger partial charge in [0.25, 0.3) is 0 Å². The summed E-state index contributed by atoms with van der Waals surface area (Å²) in [5, 5.41) is 20.9. The van der Waals surface area contributed by atoms with Gasteiger partial charge >= 0.3 is 0 Å². The number of hydrogen-bond acceptors (Lipinski definition) is 7. The van der Waals surface area contributed by atoms with Crippen LogP contribution < -0.4 is 31.9 Å². The van der Waals surface area contributed by atoms with E-state index in [1.54, 1.807) is 0 Å². The lowest BCUT2D eigenvalue weighted by Crippen LogP contribution is -2.85. The molecular weight excluding hydrogens is 410 g/mol. The number of aliphatic imine (C=N–C) groups is 1. The zero-order chi connectivity index (χ0) is 21.5. The summed E-state index contributed by atoms with van der Waals surface area (Å²) in [7, 11) is 0. The van der Waals surface area contributed by atoms with Gasteiger partial charge in [-0.2, -0.15) is 0 Å². The molecule has 9 heteroatoms. The summed E-state index contributed by atoms with van der Waals surface area (Å²) < 4.78 is 0. The predicted octanol–water partition coefficient (Wildman–Crippen LogP) is -0.319. The number of quaternary nitrogens is 1. The molecule has 0 aromatic heterocycles. The second kappa shape index (κ2) is 12.0. The molecule has 176 valence electrons. The Balaban J connectivity index is 1.18. The number of nitrogens with two attached hydrogens (primary N) is 1. The fourth-order valence-electron chi connectivity index (χ4n) is 5.47. The molecule has 7 unspecified atom stereocenters. The molecule has 31 heavy (non-hydrogen) atoms. The summed E-state index contributed by atoms with van der Waals surface area (Å²) in [6.45, 7) is 5.95. The highest BCUT2D eigenvalue weighted by atomic mass is 32.2. The molecule has 1 saturated heterocycles. The summed E-state index contributed by atoms with van der Waals surface area (Å²) in [5.74, 6) is 0.385. The molecule has 4 rings (SSSR count). The molecule has 2 aliphatic heterocycles. The number of carbonyl (C=O) groups is 1. The van der Waals surface area contributed by atoms with E-state index >= 15 is 0 Å². The van der Waals surface area contributed by atoms with E-state index in [9.17, 15) is 4.79 Å². The molecular formula is C22H42N7OS+. The van der Waals surface area contributed by atoms with E-state index in [0.29, 0.717) is 29.5 Å². The zero-order valence-corrected chi connectivity index (χ0v) is 19.8. The molecule has 4 aliphatic rings. The molecule has 2 saturated carbocycles. The number of likely N-dealkylation sites (N-methyl/N-ethyl adjacent to an activating group) is 1. The van der Waals surface area contributed by atoms with Gasteiger partial charge in [-0.15, -0.1) is 11.8 Å². The zero-order valence-electron chi connectivity index (χ0n) is 18.9. The average molecular weight is 453 g/mol. The summed E-state index contributed by atoms with van der Waals surface area (Å²) in [6, 6.07) is 1.53. The summed E-state index contributed by atoms with van der Waals surface area (Å²) in [4.78, 5) is 17.2. The van der Waals surface area contributed by atoms with Crippen LogP contribution in [0.25, 0.3) is 0 Å². The SMILES string of the molecule is CC[NH2+]CCNC(=O)C1CCCC(NC2NCCC(NC3CCC4N=CSC4C3)N2)C1. The minimum Gasteiger partial charge on any atom is -0.350 e. The van der Waals surface area contributed by atoms with Crippen LogP contribution in [-0.4, -0.2) is 73.5 Å². The Hall–Kier alpha value is -0.710. The number of fused-ring (bicyclic) bond motifs is 1. The molecule has 2 aliphatic carbocycles. The summed E-state index contributed by atoms with van der Waals surface area (Å²) in [6.07, 6.45) is 9.41. The lowest BCUT2D eigenvalue weighted by Gasteiger charge is -2.40. The number of carbonyl (C=O) groups excluding carboxylic acids is 1. The maximum absolute atomic E-state index is 12.5. The van der Waals surface area contributed by atoms with Crippen molar-refractivity contribution < 1.29 is 10.1 Å². The van der Waals surface area contributed by atoms with Gasteiger partial charge in [0.05, 0.1) is 37.4 Å². The number of nitrogens with one attached hydrogen (secondary N) is 5. The van der Waals surface area contributed by atoms with Crippen LogP contribution in [0.4, 0.5) is 0 Å². The largest absolute Gasteiger partial charge is 0.350 e. The Labute approximate surface area is 191 Å². The third-order valence-electron chi connectivity index (χ3n) is 7.21. The van der Waals surface area contributed by atoms with Crippen LogP contribution in [0.2, 0.25) is 0 Å². The van der Waals surface area contributed by atoms with Crippen molar-refractivity contribution in [2.45, 2.75) is 94.1 Å². The Morgan fingerprint density at radius 2 is 2.06 bits per heavy atom. The van der Waals surface area contributed by atoms with Crippen molar-refractivity contribution in [2.24, 2.45) is 10.9 Å². The maximum atomic E-state index is 12.5. The quantitative estimate of drug-likeness (QED) is 0.268. The van der Waals surface area contributed by atoms with Crippen LogP contribution in [0, 0.1) is 5.92 Å². The van der Waals surface area contributed by atoms with Gasteiger partial charge in [0.2, 0.25) is 5.91 Å². The van der Waals surface area contributed by atoms with E-state index < -0.39 is 0 Å². The van der Waals surface area contributed by atoms with Gasteiger partial charge in [-0.05, 0) is 51.9 Å². The fraction of sp³-hybridized carbons (Fsp3) is 0.909. The maximum Gasteiger partial charge on any atom is 0.223 e. The highest BCUT2D eigenvalue weighted by molar-refractivity contribution is 8.12. The van der Waals surface area contributed by atoms with Crippen LogP contribution in [0.1, 0.15) is 58.3 Å². The van der Waals surface area contributed by atoms with Crippen LogP contribution in [0.5, 0.6) is 0 Å². The van der Waals surface area contributed by atoms with Gasteiger partial charge in [0.15, 0.2) is 0 Å². The first-order valence-electron chi connectivity index (χ1n) is 12.5. The molecule has 2 heterocycles. The Morgan fingerprint density at radius 1 is 1.16 bits per heavy atom. The predicted molar refractivity (Wildman–Crippen MR) is 127 cm³/mol. The number of hydrogen-bond donors (Lipinski definition) is 6. The Bertz CT molecular complexity index is 606. The first-order chi connectivity index (χ1) is 15.2. The lowest BCUT2D eigenvalue weighted by molar-refractivity contribution is -0.649. The Morgan fingerprint density at radius 3 is 2.97 bits per heavy atom. The topological polar surface area (TPSA) is 106 Å². The molecule has 7 N–H and O–H groups in total.